The van der Waals surface area contributed by atoms with Crippen molar-refractivity contribution in [2.45, 2.75) is 18.8 Å². The molecule has 156 valence electrons. The van der Waals surface area contributed by atoms with E-state index in [-0.39, 0.29) is 23.9 Å². The van der Waals surface area contributed by atoms with Crippen molar-refractivity contribution >= 4 is 18.1 Å². The lowest BCUT2D eigenvalue weighted by molar-refractivity contribution is 0.415. The number of ether oxygens (including phenoxy) is 1. The summed E-state index contributed by atoms with van der Waals surface area (Å²) in [6, 6.07) is 9.03. The number of halogens is 1. The Balaban J connectivity index is 0.00000218. The number of hydrogen-bond donors (Lipinski definition) is 2. The fraction of sp³-hybridized carbons (Fsp3) is 0.300. The third-order valence-electron chi connectivity index (χ3n) is 5.30. The highest BCUT2D eigenvalue weighted by atomic mass is 35.5. The highest BCUT2D eigenvalue weighted by Crippen LogP contribution is 2.29. The monoisotopic (exact) mass is 428 g/mol. The van der Waals surface area contributed by atoms with Gasteiger partial charge in [-0.1, -0.05) is 5.16 Å². The van der Waals surface area contributed by atoms with Gasteiger partial charge in [-0.05, 0) is 50.2 Å². The van der Waals surface area contributed by atoms with Crippen molar-refractivity contribution in [3.63, 3.8) is 0 Å². The van der Waals surface area contributed by atoms with Crippen LogP contribution in [-0.4, -0.2) is 44.9 Å². The Morgan fingerprint density at radius 1 is 1.20 bits per heavy atom. The summed E-state index contributed by atoms with van der Waals surface area (Å²) < 4.78 is 12.4. The second-order valence-electron chi connectivity index (χ2n) is 7.05. The molecule has 10 heteroatoms. The zero-order chi connectivity index (χ0) is 19.8. The molecule has 1 aliphatic heterocycles. The minimum absolute atomic E-state index is 0. The van der Waals surface area contributed by atoms with Crippen LogP contribution in [0.4, 0.5) is 0 Å². The van der Waals surface area contributed by atoms with Crippen LogP contribution in [0.5, 0.6) is 5.75 Å². The molecule has 0 amide bonds. The van der Waals surface area contributed by atoms with E-state index in [2.05, 4.69) is 25.5 Å². The molecule has 0 atom stereocenters. The molecule has 0 saturated carbocycles. The Morgan fingerprint density at radius 2 is 1.97 bits per heavy atom. The number of nitrogens with one attached hydrogen (secondary N) is 2. The molecule has 1 saturated heterocycles. The summed E-state index contributed by atoms with van der Waals surface area (Å²) in [7, 11) is 1.62. The lowest BCUT2D eigenvalue weighted by Crippen LogP contribution is -2.28. The molecule has 5 rings (SSSR count). The van der Waals surface area contributed by atoms with Gasteiger partial charge in [0.25, 0.3) is 11.4 Å². The van der Waals surface area contributed by atoms with Crippen LogP contribution >= 0.6 is 12.4 Å². The standard InChI is InChI=1S/C20H20N6O3.ClH/c1-28-14-4-2-13(3-5-14)18-24-20(29-25-18)15-11-22-26-16(10-17(27)23-19(15)26)12-6-8-21-9-7-12;/h2-5,10-12,21H,6-9H2,1H3,(H,23,27);1H. The van der Waals surface area contributed by atoms with Gasteiger partial charge < -0.3 is 19.6 Å². The van der Waals surface area contributed by atoms with Crippen LogP contribution in [0.1, 0.15) is 24.5 Å². The Labute approximate surface area is 177 Å². The van der Waals surface area contributed by atoms with Crippen molar-refractivity contribution in [1.29, 1.82) is 0 Å². The predicted octanol–water partition coefficient (Wildman–Crippen LogP) is 2.64. The van der Waals surface area contributed by atoms with Gasteiger partial charge in [-0.25, -0.2) is 4.52 Å². The van der Waals surface area contributed by atoms with E-state index in [0.717, 1.165) is 42.9 Å². The highest BCUT2D eigenvalue weighted by Gasteiger charge is 2.22. The van der Waals surface area contributed by atoms with Crippen molar-refractivity contribution in [3.8, 4) is 28.6 Å². The molecule has 0 aliphatic carbocycles. The van der Waals surface area contributed by atoms with Gasteiger partial charge in [0.2, 0.25) is 5.82 Å². The first-order valence-corrected chi connectivity index (χ1v) is 9.53. The SMILES string of the molecule is COc1ccc(-c2noc(-c3cnn4c(C5CCNCC5)cc(=O)[nH]c34)n2)cc1.Cl. The maximum absolute atomic E-state index is 12.3. The number of hydrogen-bond acceptors (Lipinski definition) is 7. The van der Waals surface area contributed by atoms with E-state index in [0.29, 0.717) is 22.9 Å². The number of methoxy groups -OCH3 is 1. The number of benzene rings is 1. The van der Waals surface area contributed by atoms with Crippen molar-refractivity contribution in [2.24, 2.45) is 0 Å². The molecule has 1 aliphatic rings. The maximum atomic E-state index is 12.3. The Morgan fingerprint density at radius 3 is 2.70 bits per heavy atom. The molecule has 0 radical (unpaired) electrons. The molecule has 0 bridgehead atoms. The summed E-state index contributed by atoms with van der Waals surface area (Å²) in [5.74, 6) is 1.80. The second-order valence-corrected chi connectivity index (χ2v) is 7.05. The van der Waals surface area contributed by atoms with E-state index < -0.39 is 0 Å². The van der Waals surface area contributed by atoms with Crippen LogP contribution in [0.3, 0.4) is 0 Å². The normalized spacial score (nSPS) is 14.6. The summed E-state index contributed by atoms with van der Waals surface area (Å²) in [4.78, 5) is 19.7. The van der Waals surface area contributed by atoms with Crippen LogP contribution in [0, 0.1) is 0 Å². The van der Waals surface area contributed by atoms with E-state index >= 15 is 0 Å². The molecule has 3 aromatic heterocycles. The summed E-state index contributed by atoms with van der Waals surface area (Å²) in [6.07, 6.45) is 3.59. The summed E-state index contributed by atoms with van der Waals surface area (Å²) >= 11 is 0. The van der Waals surface area contributed by atoms with Gasteiger partial charge in [-0.2, -0.15) is 10.1 Å². The minimum atomic E-state index is -0.164. The molecule has 1 aromatic carbocycles. The summed E-state index contributed by atoms with van der Waals surface area (Å²) in [5, 5.41) is 11.9. The number of nitrogens with zero attached hydrogens (tertiary/aromatic N) is 4. The van der Waals surface area contributed by atoms with Gasteiger partial charge in [0.15, 0.2) is 0 Å². The van der Waals surface area contributed by atoms with E-state index in [1.54, 1.807) is 23.9 Å². The fourth-order valence-electron chi connectivity index (χ4n) is 3.77. The van der Waals surface area contributed by atoms with Crippen molar-refractivity contribution in [1.82, 2.24) is 30.1 Å². The topological polar surface area (TPSA) is 110 Å². The molecule has 30 heavy (non-hydrogen) atoms. The lowest BCUT2D eigenvalue weighted by Gasteiger charge is -2.23. The third kappa shape index (κ3) is 3.57. The van der Waals surface area contributed by atoms with E-state index in [4.69, 9.17) is 9.26 Å². The molecule has 9 nitrogen and oxygen atoms in total. The Bertz CT molecular complexity index is 1210. The number of aromatic amines is 1. The Kier molecular flexibility index (Phi) is 5.56. The van der Waals surface area contributed by atoms with Gasteiger partial charge >= 0.3 is 0 Å². The van der Waals surface area contributed by atoms with Crippen molar-refractivity contribution in [2.75, 3.05) is 20.2 Å². The van der Waals surface area contributed by atoms with E-state index in [9.17, 15) is 4.79 Å². The number of fused-ring (bicyclic) bond motifs is 1. The molecule has 1 fully saturated rings. The first-order valence-electron chi connectivity index (χ1n) is 9.53. The quantitative estimate of drug-likeness (QED) is 0.514. The van der Waals surface area contributed by atoms with Gasteiger partial charge in [0, 0.05) is 17.5 Å². The van der Waals surface area contributed by atoms with Gasteiger partial charge in [0.1, 0.15) is 17.0 Å². The molecule has 0 spiro atoms. The average Bonchev–Trinajstić information content (AvgIpc) is 3.41. The second kappa shape index (κ2) is 8.29. The lowest BCUT2D eigenvalue weighted by atomic mass is 9.94. The molecule has 4 heterocycles. The first-order chi connectivity index (χ1) is 14.2. The Hall–Kier alpha value is -3.17. The highest BCUT2D eigenvalue weighted by molar-refractivity contribution is 5.85. The van der Waals surface area contributed by atoms with Crippen LogP contribution in [0.2, 0.25) is 0 Å². The fourth-order valence-corrected chi connectivity index (χ4v) is 3.77. The van der Waals surface area contributed by atoms with Crippen molar-refractivity contribution < 1.29 is 9.26 Å². The molecular formula is C20H21ClN6O3. The molecule has 4 aromatic rings. The van der Waals surface area contributed by atoms with E-state index in [1.165, 1.54) is 0 Å². The smallest absolute Gasteiger partial charge is 0.263 e. The van der Waals surface area contributed by atoms with Crippen molar-refractivity contribution in [3.05, 3.63) is 52.6 Å². The minimum Gasteiger partial charge on any atom is -0.497 e. The molecule has 2 N–H and O–H groups in total. The maximum Gasteiger partial charge on any atom is 0.263 e. The van der Waals surface area contributed by atoms with Crippen LogP contribution in [-0.2, 0) is 0 Å². The number of H-pyrrole nitrogens is 1. The zero-order valence-corrected chi connectivity index (χ0v) is 17.1. The van der Waals surface area contributed by atoms with Crippen LogP contribution in [0.15, 0.2) is 45.8 Å². The number of piperidine rings is 1. The largest absolute Gasteiger partial charge is 0.497 e. The summed E-state index contributed by atoms with van der Waals surface area (Å²) in [6.45, 7) is 1.87. The third-order valence-corrected chi connectivity index (χ3v) is 5.30. The first kappa shape index (κ1) is 20.1. The van der Waals surface area contributed by atoms with Crippen LogP contribution < -0.4 is 15.6 Å². The van der Waals surface area contributed by atoms with Crippen LogP contribution in [0.25, 0.3) is 28.5 Å². The van der Waals surface area contributed by atoms with Gasteiger partial charge in [-0.3, -0.25) is 4.79 Å². The summed E-state index contributed by atoms with van der Waals surface area (Å²) in [5.41, 5.74) is 2.72. The number of aromatic nitrogens is 5. The van der Waals surface area contributed by atoms with Gasteiger partial charge in [-0.15, -0.1) is 12.4 Å². The zero-order valence-electron chi connectivity index (χ0n) is 16.3. The predicted molar refractivity (Wildman–Crippen MR) is 113 cm³/mol. The number of rotatable bonds is 4. The molecular weight excluding hydrogens is 408 g/mol. The molecule has 0 unspecified atom stereocenters. The van der Waals surface area contributed by atoms with Gasteiger partial charge in [0.05, 0.1) is 19.0 Å². The van der Waals surface area contributed by atoms with E-state index in [1.807, 2.05) is 24.3 Å². The average molecular weight is 429 g/mol.